The summed E-state index contributed by atoms with van der Waals surface area (Å²) in [6.45, 7) is 4.04. The van der Waals surface area contributed by atoms with Crippen molar-refractivity contribution in [2.75, 3.05) is 5.32 Å². The lowest BCUT2D eigenvalue weighted by molar-refractivity contribution is -0.115. The van der Waals surface area contributed by atoms with E-state index in [4.69, 9.17) is 0 Å². The molecule has 0 saturated carbocycles. The van der Waals surface area contributed by atoms with Gasteiger partial charge in [-0.15, -0.1) is 0 Å². The second-order valence-electron chi connectivity index (χ2n) is 6.43. The molecule has 4 rings (SSSR count). The number of H-pyrrole nitrogens is 1. The van der Waals surface area contributed by atoms with E-state index in [1.807, 2.05) is 62.4 Å². The van der Waals surface area contributed by atoms with E-state index < -0.39 is 5.25 Å². The van der Waals surface area contributed by atoms with Crippen LogP contribution in [0.5, 0.6) is 0 Å². The summed E-state index contributed by atoms with van der Waals surface area (Å²) in [7, 11) is 0. The van der Waals surface area contributed by atoms with Gasteiger partial charge < -0.3 is 10.3 Å². The largest absolute Gasteiger partial charge is 0.341 e. The molecular formula is C21H19N5OS. The van der Waals surface area contributed by atoms with Crippen molar-refractivity contribution in [2.45, 2.75) is 24.1 Å². The van der Waals surface area contributed by atoms with Crippen LogP contribution in [0.15, 0.2) is 66.2 Å². The summed E-state index contributed by atoms with van der Waals surface area (Å²) in [5.41, 5.74) is 5.23. The third kappa shape index (κ3) is 3.61. The number of anilines is 1. The number of rotatable bonds is 5. The minimum absolute atomic E-state index is 0.101. The van der Waals surface area contributed by atoms with Crippen molar-refractivity contribution in [2.24, 2.45) is 0 Å². The highest BCUT2D eigenvalue weighted by molar-refractivity contribution is 8.00. The SMILES string of the molecule is Cc1cccc(NC(=O)C(Sc2ncnc3nc[nH]c23)c2ccccc2)c1C. The van der Waals surface area contributed by atoms with Crippen molar-refractivity contribution >= 4 is 34.5 Å². The van der Waals surface area contributed by atoms with E-state index in [9.17, 15) is 4.79 Å². The van der Waals surface area contributed by atoms with Gasteiger partial charge >= 0.3 is 0 Å². The summed E-state index contributed by atoms with van der Waals surface area (Å²) >= 11 is 1.38. The molecule has 1 atom stereocenters. The van der Waals surface area contributed by atoms with E-state index in [-0.39, 0.29) is 5.91 Å². The minimum Gasteiger partial charge on any atom is -0.341 e. The van der Waals surface area contributed by atoms with E-state index in [2.05, 4.69) is 25.3 Å². The number of hydrogen-bond acceptors (Lipinski definition) is 5. The maximum Gasteiger partial charge on any atom is 0.242 e. The van der Waals surface area contributed by atoms with Gasteiger partial charge in [-0.05, 0) is 36.6 Å². The lowest BCUT2D eigenvalue weighted by atomic mass is 10.1. The Labute approximate surface area is 166 Å². The Morgan fingerprint density at radius 1 is 1.04 bits per heavy atom. The predicted octanol–water partition coefficient (Wildman–Crippen LogP) is 4.44. The molecule has 0 radical (unpaired) electrons. The normalized spacial score (nSPS) is 12.1. The smallest absolute Gasteiger partial charge is 0.242 e. The van der Waals surface area contributed by atoms with E-state index in [1.54, 1.807) is 6.33 Å². The van der Waals surface area contributed by atoms with Gasteiger partial charge in [-0.1, -0.05) is 54.2 Å². The monoisotopic (exact) mass is 389 g/mol. The first-order valence-electron chi connectivity index (χ1n) is 8.86. The van der Waals surface area contributed by atoms with Gasteiger partial charge in [-0.3, -0.25) is 4.79 Å². The van der Waals surface area contributed by atoms with Crippen LogP contribution >= 0.6 is 11.8 Å². The third-order valence-corrected chi connectivity index (χ3v) is 5.88. The highest BCUT2D eigenvalue weighted by Crippen LogP contribution is 2.37. The molecule has 0 fully saturated rings. The van der Waals surface area contributed by atoms with E-state index in [0.717, 1.165) is 27.9 Å². The Hall–Kier alpha value is -3.19. The van der Waals surface area contributed by atoms with Gasteiger partial charge in [0.2, 0.25) is 5.91 Å². The summed E-state index contributed by atoms with van der Waals surface area (Å²) in [5, 5.41) is 3.30. The van der Waals surface area contributed by atoms with Crippen molar-refractivity contribution in [1.29, 1.82) is 0 Å². The zero-order chi connectivity index (χ0) is 19.5. The van der Waals surface area contributed by atoms with Crippen LogP contribution in [0.4, 0.5) is 5.69 Å². The van der Waals surface area contributed by atoms with Gasteiger partial charge in [0.05, 0.1) is 6.33 Å². The molecule has 0 aliphatic carbocycles. The first-order valence-corrected chi connectivity index (χ1v) is 9.74. The third-order valence-electron chi connectivity index (χ3n) is 4.62. The quantitative estimate of drug-likeness (QED) is 0.389. The fourth-order valence-electron chi connectivity index (χ4n) is 2.93. The summed E-state index contributed by atoms with van der Waals surface area (Å²) in [4.78, 5) is 29.0. The standard InChI is InChI=1S/C21H19N5OS/c1-13-7-6-10-16(14(13)2)26-20(27)18(15-8-4-3-5-9-15)28-21-17-19(23-11-22-17)24-12-25-21/h3-12,18H,1-2H3,(H,26,27)(H,22,23,24,25). The number of amides is 1. The molecule has 1 unspecified atom stereocenters. The highest BCUT2D eigenvalue weighted by Gasteiger charge is 2.24. The number of thioether (sulfide) groups is 1. The highest BCUT2D eigenvalue weighted by atomic mass is 32.2. The number of imidazole rings is 1. The number of nitrogens with one attached hydrogen (secondary N) is 2. The Balaban J connectivity index is 1.69. The maximum atomic E-state index is 13.3. The van der Waals surface area contributed by atoms with Crippen LogP contribution in [0.3, 0.4) is 0 Å². The lowest BCUT2D eigenvalue weighted by Gasteiger charge is -2.18. The van der Waals surface area contributed by atoms with Crippen molar-refractivity contribution in [3.63, 3.8) is 0 Å². The number of benzene rings is 2. The Morgan fingerprint density at radius 3 is 2.68 bits per heavy atom. The molecule has 1 amide bonds. The summed E-state index contributed by atoms with van der Waals surface area (Å²) in [5.74, 6) is -0.101. The molecule has 28 heavy (non-hydrogen) atoms. The topological polar surface area (TPSA) is 83.6 Å². The summed E-state index contributed by atoms with van der Waals surface area (Å²) in [6, 6.07) is 15.6. The molecule has 140 valence electrons. The number of carbonyl (C=O) groups excluding carboxylic acids is 1. The number of carbonyl (C=O) groups is 1. The van der Waals surface area contributed by atoms with E-state index >= 15 is 0 Å². The average Bonchev–Trinajstić information content (AvgIpc) is 3.20. The molecule has 2 N–H and O–H groups in total. The number of aryl methyl sites for hydroxylation is 1. The number of hydrogen-bond donors (Lipinski definition) is 2. The predicted molar refractivity (Wildman–Crippen MR) is 111 cm³/mol. The first kappa shape index (κ1) is 18.2. The Kier molecular flexibility index (Phi) is 5.08. The van der Waals surface area contributed by atoms with Gasteiger partial charge in [-0.2, -0.15) is 0 Å². The molecule has 0 bridgehead atoms. The molecule has 0 spiro atoms. The van der Waals surface area contributed by atoms with Crippen LogP contribution in [0, 0.1) is 13.8 Å². The van der Waals surface area contributed by atoms with Crippen LogP contribution in [-0.4, -0.2) is 25.8 Å². The Bertz CT molecular complexity index is 1130. The molecule has 7 heteroatoms. The molecule has 6 nitrogen and oxygen atoms in total. The van der Waals surface area contributed by atoms with Crippen LogP contribution < -0.4 is 5.32 Å². The van der Waals surface area contributed by atoms with Gasteiger partial charge in [0, 0.05) is 5.69 Å². The molecule has 2 aromatic heterocycles. The molecule has 2 heterocycles. The minimum atomic E-state index is -0.470. The van der Waals surface area contributed by atoms with Gasteiger partial charge in [0.15, 0.2) is 5.65 Å². The van der Waals surface area contributed by atoms with Crippen molar-refractivity contribution < 1.29 is 4.79 Å². The number of nitrogens with zero attached hydrogens (tertiary/aromatic N) is 3. The summed E-state index contributed by atoms with van der Waals surface area (Å²) in [6.07, 6.45) is 3.05. The summed E-state index contributed by atoms with van der Waals surface area (Å²) < 4.78 is 0. The second kappa shape index (κ2) is 7.82. The van der Waals surface area contributed by atoms with Gasteiger partial charge in [0.1, 0.15) is 22.1 Å². The van der Waals surface area contributed by atoms with Crippen LogP contribution in [0.2, 0.25) is 0 Å². The zero-order valence-electron chi connectivity index (χ0n) is 15.5. The first-order chi connectivity index (χ1) is 13.6. The number of fused-ring (bicyclic) bond motifs is 1. The lowest BCUT2D eigenvalue weighted by Crippen LogP contribution is -2.20. The van der Waals surface area contributed by atoms with Crippen molar-refractivity contribution in [3.8, 4) is 0 Å². The number of aromatic amines is 1. The van der Waals surface area contributed by atoms with E-state index in [1.165, 1.54) is 18.1 Å². The average molecular weight is 389 g/mol. The Morgan fingerprint density at radius 2 is 1.86 bits per heavy atom. The second-order valence-corrected chi connectivity index (χ2v) is 7.52. The molecule has 0 aliphatic rings. The molecule has 0 saturated heterocycles. The fourth-order valence-corrected chi connectivity index (χ4v) is 3.99. The van der Waals surface area contributed by atoms with Crippen molar-refractivity contribution in [1.82, 2.24) is 19.9 Å². The molecule has 0 aliphatic heterocycles. The zero-order valence-corrected chi connectivity index (χ0v) is 16.3. The molecular weight excluding hydrogens is 370 g/mol. The van der Waals surface area contributed by atoms with Crippen LogP contribution in [0.25, 0.3) is 11.2 Å². The van der Waals surface area contributed by atoms with Crippen LogP contribution in [0.1, 0.15) is 21.9 Å². The van der Waals surface area contributed by atoms with Crippen molar-refractivity contribution in [3.05, 3.63) is 77.9 Å². The molecule has 2 aromatic carbocycles. The maximum absolute atomic E-state index is 13.3. The molecule has 4 aromatic rings. The van der Waals surface area contributed by atoms with Crippen LogP contribution in [-0.2, 0) is 4.79 Å². The fraction of sp³-hybridized carbons (Fsp3) is 0.143. The van der Waals surface area contributed by atoms with Gasteiger partial charge in [-0.25, -0.2) is 15.0 Å². The number of aromatic nitrogens is 4. The van der Waals surface area contributed by atoms with E-state index in [0.29, 0.717) is 10.7 Å². The van der Waals surface area contributed by atoms with Gasteiger partial charge in [0.25, 0.3) is 0 Å².